The Morgan fingerprint density at radius 1 is 1.03 bits per heavy atom. The number of aryl methyl sites for hydroxylation is 3. The predicted molar refractivity (Wildman–Crippen MR) is 115 cm³/mol. The van der Waals surface area contributed by atoms with Gasteiger partial charge in [-0.15, -0.1) is 0 Å². The van der Waals surface area contributed by atoms with Crippen LogP contribution in [0.5, 0.6) is 11.5 Å². The van der Waals surface area contributed by atoms with Crippen LogP contribution in [0, 0.1) is 20.8 Å². The van der Waals surface area contributed by atoms with Crippen LogP contribution >= 0.6 is 0 Å². The number of rotatable bonds is 8. The topological polar surface area (TPSA) is 76.7 Å². The molecule has 0 saturated carbocycles. The van der Waals surface area contributed by atoms with Crippen LogP contribution in [-0.2, 0) is 9.59 Å². The summed E-state index contributed by atoms with van der Waals surface area (Å²) in [5.74, 6) is 0.615. The number of anilines is 1. The molecule has 0 aliphatic heterocycles. The quantitative estimate of drug-likeness (QED) is 0.666. The van der Waals surface area contributed by atoms with Crippen LogP contribution in [0.15, 0.2) is 36.4 Å². The highest BCUT2D eigenvalue weighted by Gasteiger charge is 2.09. The van der Waals surface area contributed by atoms with Crippen molar-refractivity contribution in [3.8, 4) is 11.5 Å². The summed E-state index contributed by atoms with van der Waals surface area (Å²) < 4.78 is 10.8. The second-order valence-corrected chi connectivity index (χ2v) is 6.72. The van der Waals surface area contributed by atoms with Gasteiger partial charge < -0.3 is 20.1 Å². The second kappa shape index (κ2) is 10.3. The summed E-state index contributed by atoms with van der Waals surface area (Å²) in [4.78, 5) is 24.2. The number of carbonyl (C=O) groups is 2. The van der Waals surface area contributed by atoms with Crippen LogP contribution in [0.2, 0.25) is 0 Å². The minimum absolute atomic E-state index is 0.108. The molecule has 2 amide bonds. The van der Waals surface area contributed by atoms with Gasteiger partial charge in [-0.05, 0) is 62.6 Å². The zero-order chi connectivity index (χ0) is 21.4. The van der Waals surface area contributed by atoms with E-state index >= 15 is 0 Å². The van der Waals surface area contributed by atoms with Crippen LogP contribution in [0.3, 0.4) is 0 Å². The molecule has 0 aliphatic rings. The van der Waals surface area contributed by atoms with Crippen molar-refractivity contribution in [2.24, 2.45) is 0 Å². The fraction of sp³-hybridized carbons (Fsp3) is 0.304. The molecular formula is C23H28N2O4. The Hall–Kier alpha value is -3.28. The average molecular weight is 396 g/mol. The number of benzene rings is 2. The standard InChI is InChI=1S/C23H28N2O4/c1-6-29-20-13-18(7-9-19(20)28-5)8-10-21(26)24-14-22(27)25-23-16(3)11-15(2)12-17(23)4/h7-13H,6,14H2,1-5H3,(H,24,26)(H,25,27)/b10-8+. The first-order chi connectivity index (χ1) is 13.8. The molecule has 0 heterocycles. The normalized spacial score (nSPS) is 10.7. The van der Waals surface area contributed by atoms with Gasteiger partial charge in [0.2, 0.25) is 11.8 Å². The predicted octanol–water partition coefficient (Wildman–Crippen LogP) is 3.79. The van der Waals surface area contributed by atoms with Gasteiger partial charge in [0.25, 0.3) is 0 Å². The van der Waals surface area contributed by atoms with Gasteiger partial charge >= 0.3 is 0 Å². The van der Waals surface area contributed by atoms with Gasteiger partial charge in [-0.3, -0.25) is 9.59 Å². The summed E-state index contributed by atoms with van der Waals surface area (Å²) in [7, 11) is 1.57. The molecule has 2 aromatic carbocycles. The van der Waals surface area contributed by atoms with Crippen molar-refractivity contribution < 1.29 is 19.1 Å². The second-order valence-electron chi connectivity index (χ2n) is 6.72. The molecule has 0 atom stereocenters. The van der Waals surface area contributed by atoms with E-state index < -0.39 is 0 Å². The molecule has 0 fully saturated rings. The molecule has 2 rings (SSSR count). The lowest BCUT2D eigenvalue weighted by Crippen LogP contribution is -2.32. The molecule has 2 aromatic rings. The number of hydrogen-bond donors (Lipinski definition) is 2. The summed E-state index contributed by atoms with van der Waals surface area (Å²) in [6.45, 7) is 8.20. The molecule has 0 unspecified atom stereocenters. The summed E-state index contributed by atoms with van der Waals surface area (Å²) in [5.41, 5.74) is 4.70. The smallest absolute Gasteiger partial charge is 0.244 e. The molecular weight excluding hydrogens is 368 g/mol. The number of hydrogen-bond acceptors (Lipinski definition) is 4. The van der Waals surface area contributed by atoms with Crippen molar-refractivity contribution in [1.82, 2.24) is 5.32 Å². The van der Waals surface area contributed by atoms with Crippen LogP contribution in [0.4, 0.5) is 5.69 Å². The van der Waals surface area contributed by atoms with E-state index in [1.54, 1.807) is 25.3 Å². The summed E-state index contributed by atoms with van der Waals surface area (Å²) in [6, 6.07) is 9.41. The van der Waals surface area contributed by atoms with E-state index in [1.165, 1.54) is 6.08 Å². The van der Waals surface area contributed by atoms with Gasteiger partial charge in [0.1, 0.15) is 0 Å². The maximum atomic E-state index is 12.2. The Labute approximate surface area is 171 Å². The highest BCUT2D eigenvalue weighted by atomic mass is 16.5. The summed E-state index contributed by atoms with van der Waals surface area (Å²) in [5, 5.41) is 5.45. The minimum atomic E-state index is -0.355. The molecule has 0 aliphatic carbocycles. The van der Waals surface area contributed by atoms with Crippen LogP contribution < -0.4 is 20.1 Å². The summed E-state index contributed by atoms with van der Waals surface area (Å²) >= 11 is 0. The molecule has 0 bridgehead atoms. The van der Waals surface area contributed by atoms with E-state index in [2.05, 4.69) is 10.6 Å². The zero-order valence-corrected chi connectivity index (χ0v) is 17.6. The molecule has 0 saturated heterocycles. The van der Waals surface area contributed by atoms with E-state index in [0.29, 0.717) is 18.1 Å². The van der Waals surface area contributed by atoms with Gasteiger partial charge in [-0.25, -0.2) is 0 Å². The van der Waals surface area contributed by atoms with Crippen molar-refractivity contribution in [3.63, 3.8) is 0 Å². The monoisotopic (exact) mass is 396 g/mol. The number of methoxy groups -OCH3 is 1. The number of amides is 2. The molecule has 6 nitrogen and oxygen atoms in total. The van der Waals surface area contributed by atoms with E-state index in [0.717, 1.165) is 27.9 Å². The molecule has 154 valence electrons. The SMILES string of the molecule is CCOc1cc(/C=C/C(=O)NCC(=O)Nc2c(C)cc(C)cc2C)ccc1OC. The van der Waals surface area contributed by atoms with E-state index in [1.807, 2.05) is 45.9 Å². The van der Waals surface area contributed by atoms with Crippen LogP contribution in [0.1, 0.15) is 29.2 Å². The van der Waals surface area contributed by atoms with Crippen molar-refractivity contribution in [3.05, 3.63) is 58.7 Å². The van der Waals surface area contributed by atoms with Crippen LogP contribution in [-0.4, -0.2) is 32.1 Å². The summed E-state index contributed by atoms with van der Waals surface area (Å²) in [6.07, 6.45) is 3.04. The Bertz CT molecular complexity index is 896. The van der Waals surface area contributed by atoms with Crippen molar-refractivity contribution >= 4 is 23.6 Å². The van der Waals surface area contributed by atoms with Crippen molar-refractivity contribution in [2.45, 2.75) is 27.7 Å². The average Bonchev–Trinajstić information content (AvgIpc) is 2.68. The first kappa shape index (κ1) is 22.0. The number of nitrogens with one attached hydrogen (secondary N) is 2. The third-order valence-electron chi connectivity index (χ3n) is 4.28. The molecule has 6 heteroatoms. The van der Waals surface area contributed by atoms with Gasteiger partial charge in [0.05, 0.1) is 20.3 Å². The maximum absolute atomic E-state index is 12.2. The Kier molecular flexibility index (Phi) is 7.83. The molecule has 29 heavy (non-hydrogen) atoms. The number of carbonyl (C=O) groups excluding carboxylic acids is 2. The Morgan fingerprint density at radius 2 is 1.72 bits per heavy atom. The van der Waals surface area contributed by atoms with Gasteiger partial charge in [0.15, 0.2) is 11.5 Å². The van der Waals surface area contributed by atoms with Crippen molar-refractivity contribution in [1.29, 1.82) is 0 Å². The number of ether oxygens (including phenoxy) is 2. The fourth-order valence-electron chi connectivity index (χ4n) is 3.02. The third-order valence-corrected chi connectivity index (χ3v) is 4.28. The largest absolute Gasteiger partial charge is 0.493 e. The lowest BCUT2D eigenvalue weighted by Gasteiger charge is -2.13. The lowest BCUT2D eigenvalue weighted by molar-refractivity contribution is -0.121. The lowest BCUT2D eigenvalue weighted by atomic mass is 10.1. The van der Waals surface area contributed by atoms with E-state index in [9.17, 15) is 9.59 Å². The highest BCUT2D eigenvalue weighted by molar-refractivity contribution is 5.98. The van der Waals surface area contributed by atoms with E-state index in [4.69, 9.17) is 9.47 Å². The van der Waals surface area contributed by atoms with Gasteiger partial charge in [-0.2, -0.15) is 0 Å². The Morgan fingerprint density at radius 3 is 2.34 bits per heavy atom. The first-order valence-electron chi connectivity index (χ1n) is 9.48. The first-order valence-corrected chi connectivity index (χ1v) is 9.48. The zero-order valence-electron chi connectivity index (χ0n) is 17.6. The van der Waals surface area contributed by atoms with Crippen LogP contribution in [0.25, 0.3) is 6.08 Å². The van der Waals surface area contributed by atoms with Crippen molar-refractivity contribution in [2.75, 3.05) is 25.6 Å². The maximum Gasteiger partial charge on any atom is 0.244 e. The molecule has 0 radical (unpaired) electrons. The molecule has 2 N–H and O–H groups in total. The van der Waals surface area contributed by atoms with E-state index in [-0.39, 0.29) is 18.4 Å². The fourth-order valence-corrected chi connectivity index (χ4v) is 3.02. The Balaban J connectivity index is 1.93. The third kappa shape index (κ3) is 6.38. The van der Waals surface area contributed by atoms with Gasteiger partial charge in [0, 0.05) is 11.8 Å². The molecule has 0 spiro atoms. The highest BCUT2D eigenvalue weighted by Crippen LogP contribution is 2.28. The molecule has 0 aromatic heterocycles. The minimum Gasteiger partial charge on any atom is -0.493 e. The van der Waals surface area contributed by atoms with Gasteiger partial charge in [-0.1, -0.05) is 23.8 Å².